The van der Waals surface area contributed by atoms with Gasteiger partial charge in [0.25, 0.3) is 0 Å². The Hall–Kier alpha value is -0.820. The van der Waals surface area contributed by atoms with Crippen LogP contribution in [0.1, 0.15) is 0 Å². The Bertz CT molecular complexity index is 530. The second-order valence-corrected chi connectivity index (χ2v) is 5.47. The molecule has 0 saturated heterocycles. The molecule has 1 aromatic rings. The molecular formula is C9H9Cl2NO4S. The van der Waals surface area contributed by atoms with Gasteiger partial charge < -0.3 is 4.74 Å². The summed E-state index contributed by atoms with van der Waals surface area (Å²) in [5.41, 5.74) is 0. The fourth-order valence-electron chi connectivity index (χ4n) is 0.995. The van der Waals surface area contributed by atoms with Crippen LogP contribution in [0.15, 0.2) is 23.1 Å². The number of esters is 1. The van der Waals surface area contributed by atoms with E-state index in [1.165, 1.54) is 18.2 Å². The molecule has 0 spiro atoms. The Kier molecular flexibility index (Phi) is 4.76. The van der Waals surface area contributed by atoms with Gasteiger partial charge in [-0.25, -0.2) is 8.42 Å². The molecule has 0 saturated carbocycles. The molecule has 1 aromatic carbocycles. The van der Waals surface area contributed by atoms with E-state index in [0.717, 1.165) is 7.11 Å². The quantitative estimate of drug-likeness (QED) is 0.854. The lowest BCUT2D eigenvalue weighted by Gasteiger charge is -2.08. The number of nitrogens with one attached hydrogen (secondary N) is 1. The first-order valence-corrected chi connectivity index (χ1v) is 6.63. The number of halogens is 2. The average molecular weight is 298 g/mol. The fourth-order valence-corrected chi connectivity index (χ4v) is 2.72. The molecule has 0 amide bonds. The first-order chi connectivity index (χ1) is 7.88. The first kappa shape index (κ1) is 14.2. The van der Waals surface area contributed by atoms with Gasteiger partial charge in [-0.1, -0.05) is 29.3 Å². The predicted octanol–water partition coefficient (Wildman–Crippen LogP) is 1.44. The van der Waals surface area contributed by atoms with Gasteiger partial charge >= 0.3 is 5.97 Å². The van der Waals surface area contributed by atoms with E-state index in [0.29, 0.717) is 0 Å². The average Bonchev–Trinajstić information content (AvgIpc) is 2.29. The predicted molar refractivity (Wildman–Crippen MR) is 63.7 cm³/mol. The van der Waals surface area contributed by atoms with Gasteiger partial charge in [0, 0.05) is 0 Å². The third-order valence-corrected chi connectivity index (χ3v) is 4.21. The molecule has 0 aliphatic carbocycles. The Balaban J connectivity index is 2.98. The van der Waals surface area contributed by atoms with E-state index in [2.05, 4.69) is 4.74 Å². The summed E-state index contributed by atoms with van der Waals surface area (Å²) in [4.78, 5) is 10.6. The summed E-state index contributed by atoms with van der Waals surface area (Å²) in [5, 5.41) is 0.0270. The lowest BCUT2D eigenvalue weighted by molar-refractivity contribution is -0.139. The third-order valence-electron chi connectivity index (χ3n) is 1.84. The topological polar surface area (TPSA) is 72.5 Å². The Morgan fingerprint density at radius 2 is 2.06 bits per heavy atom. The molecule has 5 nitrogen and oxygen atoms in total. The smallest absolute Gasteiger partial charge is 0.320 e. The zero-order chi connectivity index (χ0) is 13.1. The number of hydrogen-bond donors (Lipinski definition) is 1. The van der Waals surface area contributed by atoms with Crippen LogP contribution in [0.25, 0.3) is 0 Å². The monoisotopic (exact) mass is 297 g/mol. The summed E-state index contributed by atoms with van der Waals surface area (Å²) >= 11 is 11.5. The molecular weight excluding hydrogens is 289 g/mol. The number of carbonyl (C=O) groups excluding carboxylic acids is 1. The number of benzene rings is 1. The zero-order valence-electron chi connectivity index (χ0n) is 8.74. The molecule has 0 bridgehead atoms. The van der Waals surface area contributed by atoms with E-state index < -0.39 is 22.5 Å². The normalized spacial score (nSPS) is 11.2. The minimum Gasteiger partial charge on any atom is -0.468 e. The van der Waals surface area contributed by atoms with E-state index in [9.17, 15) is 13.2 Å². The van der Waals surface area contributed by atoms with Crippen molar-refractivity contribution >= 4 is 39.2 Å². The van der Waals surface area contributed by atoms with Crippen LogP contribution in [0.3, 0.4) is 0 Å². The number of methoxy groups -OCH3 is 1. The zero-order valence-corrected chi connectivity index (χ0v) is 11.1. The SMILES string of the molecule is COC(=O)CNS(=O)(=O)c1cccc(Cl)c1Cl. The van der Waals surface area contributed by atoms with E-state index in [4.69, 9.17) is 23.2 Å². The van der Waals surface area contributed by atoms with Crippen molar-refractivity contribution in [2.75, 3.05) is 13.7 Å². The van der Waals surface area contributed by atoms with Crippen molar-refractivity contribution in [2.45, 2.75) is 4.90 Å². The number of carbonyl (C=O) groups is 1. The molecule has 1 rings (SSSR count). The largest absolute Gasteiger partial charge is 0.468 e. The maximum absolute atomic E-state index is 11.8. The van der Waals surface area contributed by atoms with Gasteiger partial charge in [-0.05, 0) is 12.1 Å². The van der Waals surface area contributed by atoms with Crippen molar-refractivity contribution < 1.29 is 17.9 Å². The summed E-state index contributed by atoms with van der Waals surface area (Å²) in [6.07, 6.45) is 0. The highest BCUT2D eigenvalue weighted by molar-refractivity contribution is 7.89. The molecule has 8 heteroatoms. The van der Waals surface area contributed by atoms with Gasteiger partial charge in [-0.2, -0.15) is 4.72 Å². The Morgan fingerprint density at radius 1 is 1.41 bits per heavy atom. The van der Waals surface area contributed by atoms with E-state index in [1.807, 2.05) is 4.72 Å². The molecule has 0 aliphatic rings. The summed E-state index contributed by atoms with van der Waals surface area (Å²) < 4.78 is 29.9. The lowest BCUT2D eigenvalue weighted by Crippen LogP contribution is -2.30. The highest BCUT2D eigenvalue weighted by Gasteiger charge is 2.20. The molecule has 0 atom stereocenters. The van der Waals surface area contributed by atoms with Crippen LogP contribution in [0.4, 0.5) is 0 Å². The van der Waals surface area contributed by atoms with Gasteiger partial charge in [-0.3, -0.25) is 4.79 Å². The van der Waals surface area contributed by atoms with Crippen LogP contribution in [0.2, 0.25) is 10.0 Å². The number of hydrogen-bond acceptors (Lipinski definition) is 4. The van der Waals surface area contributed by atoms with Crippen molar-refractivity contribution in [2.24, 2.45) is 0 Å². The van der Waals surface area contributed by atoms with Crippen molar-refractivity contribution in [3.63, 3.8) is 0 Å². The van der Waals surface area contributed by atoms with E-state index in [1.54, 1.807) is 0 Å². The fraction of sp³-hybridized carbons (Fsp3) is 0.222. The Morgan fingerprint density at radius 3 is 2.65 bits per heavy atom. The molecule has 0 heterocycles. The maximum Gasteiger partial charge on any atom is 0.320 e. The summed E-state index contributed by atoms with van der Waals surface area (Å²) in [6.45, 7) is -0.471. The second kappa shape index (κ2) is 5.68. The summed E-state index contributed by atoms with van der Waals surface area (Å²) in [7, 11) is -2.73. The molecule has 17 heavy (non-hydrogen) atoms. The van der Waals surface area contributed by atoms with Crippen LogP contribution >= 0.6 is 23.2 Å². The number of rotatable bonds is 4. The third kappa shape index (κ3) is 3.57. The first-order valence-electron chi connectivity index (χ1n) is 4.39. The van der Waals surface area contributed by atoms with E-state index >= 15 is 0 Å². The summed E-state index contributed by atoms with van der Waals surface area (Å²) in [6, 6.07) is 4.19. The van der Waals surface area contributed by atoms with Crippen LogP contribution in [0.5, 0.6) is 0 Å². The molecule has 0 unspecified atom stereocenters. The minimum atomic E-state index is -3.89. The minimum absolute atomic E-state index is 0.0912. The van der Waals surface area contributed by atoms with Crippen molar-refractivity contribution in [3.8, 4) is 0 Å². The number of sulfonamides is 1. The van der Waals surface area contributed by atoms with Crippen LogP contribution < -0.4 is 4.72 Å². The Labute approximate surface area is 109 Å². The van der Waals surface area contributed by atoms with E-state index in [-0.39, 0.29) is 14.9 Å². The van der Waals surface area contributed by atoms with Crippen molar-refractivity contribution in [1.29, 1.82) is 0 Å². The van der Waals surface area contributed by atoms with Crippen molar-refractivity contribution in [1.82, 2.24) is 4.72 Å². The van der Waals surface area contributed by atoms with Gasteiger partial charge in [0.2, 0.25) is 10.0 Å². The molecule has 0 aromatic heterocycles. The van der Waals surface area contributed by atoms with Gasteiger partial charge in [0.05, 0.1) is 17.2 Å². The molecule has 0 fully saturated rings. The van der Waals surface area contributed by atoms with Gasteiger partial charge in [0.15, 0.2) is 0 Å². The molecule has 1 N–H and O–H groups in total. The molecule has 0 radical (unpaired) electrons. The van der Waals surface area contributed by atoms with Crippen LogP contribution in [0, 0.1) is 0 Å². The highest BCUT2D eigenvalue weighted by atomic mass is 35.5. The molecule has 94 valence electrons. The molecule has 0 aliphatic heterocycles. The maximum atomic E-state index is 11.8. The van der Waals surface area contributed by atoms with Crippen LogP contribution in [-0.2, 0) is 19.6 Å². The van der Waals surface area contributed by atoms with Crippen LogP contribution in [-0.4, -0.2) is 28.0 Å². The second-order valence-electron chi connectivity index (χ2n) is 2.95. The highest BCUT2D eigenvalue weighted by Crippen LogP contribution is 2.28. The lowest BCUT2D eigenvalue weighted by atomic mass is 10.4. The number of ether oxygens (including phenoxy) is 1. The van der Waals surface area contributed by atoms with Crippen molar-refractivity contribution in [3.05, 3.63) is 28.2 Å². The standard InChI is InChI=1S/C9H9Cl2NO4S/c1-16-8(13)5-12-17(14,15)7-4-2-3-6(10)9(7)11/h2-4,12H,5H2,1H3. The van der Waals surface area contributed by atoms with Gasteiger partial charge in [0.1, 0.15) is 11.4 Å². The summed E-state index contributed by atoms with van der Waals surface area (Å²) in [5.74, 6) is -0.702. The van der Waals surface area contributed by atoms with Gasteiger partial charge in [-0.15, -0.1) is 0 Å².